The molecule has 4 heteroatoms. The minimum absolute atomic E-state index is 0.131. The maximum atomic E-state index is 12.5. The Bertz CT molecular complexity index is 686. The summed E-state index contributed by atoms with van der Waals surface area (Å²) in [4.78, 5) is 12.5. The van der Waals surface area contributed by atoms with E-state index < -0.39 is 0 Å². The van der Waals surface area contributed by atoms with Crippen molar-refractivity contribution in [2.75, 3.05) is 5.32 Å². The molecule has 1 aromatic carbocycles. The van der Waals surface area contributed by atoms with Gasteiger partial charge in [-0.15, -0.1) is 0 Å². The van der Waals surface area contributed by atoms with E-state index in [1.54, 1.807) is 6.92 Å². The van der Waals surface area contributed by atoms with Crippen molar-refractivity contribution in [3.63, 3.8) is 0 Å². The molecular weight excluding hydrogens is 264 g/mol. The first kappa shape index (κ1) is 13.9. The Morgan fingerprint density at radius 3 is 2.81 bits per heavy atom. The first-order chi connectivity index (χ1) is 10.1. The lowest BCUT2D eigenvalue weighted by Crippen LogP contribution is -2.15. The quantitative estimate of drug-likeness (QED) is 0.931. The molecule has 1 N–H and O–H groups in total. The van der Waals surface area contributed by atoms with Crippen molar-refractivity contribution < 1.29 is 9.32 Å². The van der Waals surface area contributed by atoms with Gasteiger partial charge in [0.05, 0.1) is 5.69 Å². The molecule has 1 aliphatic carbocycles. The molecule has 21 heavy (non-hydrogen) atoms. The van der Waals surface area contributed by atoms with E-state index in [4.69, 9.17) is 4.52 Å². The van der Waals surface area contributed by atoms with Crippen LogP contribution in [0.4, 0.5) is 5.69 Å². The fraction of sp³-hybridized carbons (Fsp3) is 0.412. The molecule has 0 spiro atoms. The number of carbonyl (C=O) groups is 1. The summed E-state index contributed by atoms with van der Waals surface area (Å²) >= 11 is 0. The van der Waals surface area contributed by atoms with E-state index >= 15 is 0 Å². The molecule has 1 amide bonds. The van der Waals surface area contributed by atoms with E-state index in [2.05, 4.69) is 22.6 Å². The van der Waals surface area contributed by atoms with Gasteiger partial charge < -0.3 is 9.84 Å². The van der Waals surface area contributed by atoms with Crippen LogP contribution in [0.3, 0.4) is 0 Å². The van der Waals surface area contributed by atoms with Crippen LogP contribution < -0.4 is 5.32 Å². The van der Waals surface area contributed by atoms with Crippen LogP contribution >= 0.6 is 0 Å². The third-order valence-electron chi connectivity index (χ3n) is 4.00. The Labute approximate surface area is 124 Å². The zero-order valence-electron chi connectivity index (χ0n) is 12.7. The third kappa shape index (κ3) is 2.58. The Kier molecular flexibility index (Phi) is 3.53. The summed E-state index contributed by atoms with van der Waals surface area (Å²) in [6.45, 7) is 5.78. The first-order valence-electron chi connectivity index (χ1n) is 7.45. The van der Waals surface area contributed by atoms with Gasteiger partial charge in [0, 0.05) is 11.6 Å². The van der Waals surface area contributed by atoms with Crippen LogP contribution in [0.25, 0.3) is 0 Å². The molecule has 0 radical (unpaired) electrons. The molecule has 0 saturated carbocycles. The Morgan fingerprint density at radius 2 is 2.05 bits per heavy atom. The minimum Gasteiger partial charge on any atom is -0.360 e. The molecule has 2 aromatic rings. The number of benzene rings is 1. The monoisotopic (exact) mass is 284 g/mol. The molecule has 3 rings (SSSR count). The predicted octanol–water partition coefficient (Wildman–Crippen LogP) is 3.85. The standard InChI is InChI=1S/C17H20N2O2/c1-10(2)16-15(11(3)19-21-16)17(20)18-14-8-7-12-5-4-6-13(12)9-14/h7-10H,4-6H2,1-3H3,(H,18,20). The molecule has 1 aliphatic rings. The van der Waals surface area contributed by atoms with Crippen LogP contribution in [0.1, 0.15) is 59.1 Å². The maximum Gasteiger partial charge on any atom is 0.261 e. The second-order valence-electron chi connectivity index (χ2n) is 5.95. The van der Waals surface area contributed by atoms with Crippen LogP contribution in [0.2, 0.25) is 0 Å². The van der Waals surface area contributed by atoms with Gasteiger partial charge in [0.15, 0.2) is 5.76 Å². The average Bonchev–Trinajstić information content (AvgIpc) is 3.04. The van der Waals surface area contributed by atoms with Gasteiger partial charge in [-0.1, -0.05) is 25.1 Å². The van der Waals surface area contributed by atoms with Gasteiger partial charge >= 0.3 is 0 Å². The van der Waals surface area contributed by atoms with E-state index in [0.29, 0.717) is 17.0 Å². The van der Waals surface area contributed by atoms with Crippen LogP contribution in [-0.2, 0) is 12.8 Å². The van der Waals surface area contributed by atoms with Crippen molar-refractivity contribution >= 4 is 11.6 Å². The largest absolute Gasteiger partial charge is 0.360 e. The summed E-state index contributed by atoms with van der Waals surface area (Å²) < 4.78 is 5.28. The van der Waals surface area contributed by atoms with Crippen LogP contribution in [0.15, 0.2) is 22.7 Å². The molecule has 0 saturated heterocycles. The minimum atomic E-state index is -0.143. The molecule has 110 valence electrons. The number of nitrogens with one attached hydrogen (secondary N) is 1. The number of amides is 1. The van der Waals surface area contributed by atoms with Crippen molar-refractivity contribution in [3.8, 4) is 0 Å². The first-order valence-corrected chi connectivity index (χ1v) is 7.45. The van der Waals surface area contributed by atoms with E-state index in [-0.39, 0.29) is 11.8 Å². The van der Waals surface area contributed by atoms with Crippen molar-refractivity contribution in [3.05, 3.63) is 46.3 Å². The fourth-order valence-corrected chi connectivity index (χ4v) is 2.90. The Balaban J connectivity index is 1.85. The molecule has 0 atom stereocenters. The average molecular weight is 284 g/mol. The van der Waals surface area contributed by atoms with E-state index in [1.807, 2.05) is 19.9 Å². The second-order valence-corrected chi connectivity index (χ2v) is 5.95. The number of aromatic nitrogens is 1. The topological polar surface area (TPSA) is 55.1 Å². The van der Waals surface area contributed by atoms with Gasteiger partial charge in [0.2, 0.25) is 0 Å². The van der Waals surface area contributed by atoms with Gasteiger partial charge in [-0.25, -0.2) is 0 Å². The van der Waals surface area contributed by atoms with Gasteiger partial charge in [0.1, 0.15) is 5.56 Å². The summed E-state index contributed by atoms with van der Waals surface area (Å²) in [5, 5.41) is 6.89. The highest BCUT2D eigenvalue weighted by Crippen LogP contribution is 2.27. The molecule has 4 nitrogen and oxygen atoms in total. The molecule has 0 fully saturated rings. The highest BCUT2D eigenvalue weighted by atomic mass is 16.5. The van der Waals surface area contributed by atoms with Crippen LogP contribution in [-0.4, -0.2) is 11.1 Å². The smallest absolute Gasteiger partial charge is 0.261 e. The molecule has 0 aliphatic heterocycles. The Hall–Kier alpha value is -2.10. The number of carbonyl (C=O) groups excluding carboxylic acids is 1. The molecule has 1 aromatic heterocycles. The van der Waals surface area contributed by atoms with Crippen LogP contribution in [0, 0.1) is 6.92 Å². The van der Waals surface area contributed by atoms with Gasteiger partial charge in [-0.3, -0.25) is 4.79 Å². The number of hydrogen-bond donors (Lipinski definition) is 1. The number of aryl methyl sites for hydroxylation is 3. The number of anilines is 1. The number of hydrogen-bond acceptors (Lipinski definition) is 3. The summed E-state index contributed by atoms with van der Waals surface area (Å²) in [6.07, 6.45) is 3.45. The van der Waals surface area contributed by atoms with Gasteiger partial charge in [-0.05, 0) is 49.4 Å². The zero-order chi connectivity index (χ0) is 15.0. The maximum absolute atomic E-state index is 12.5. The zero-order valence-corrected chi connectivity index (χ0v) is 12.7. The van der Waals surface area contributed by atoms with E-state index in [9.17, 15) is 4.79 Å². The third-order valence-corrected chi connectivity index (χ3v) is 4.00. The fourth-order valence-electron chi connectivity index (χ4n) is 2.90. The molecule has 0 unspecified atom stereocenters. The van der Waals surface area contributed by atoms with Gasteiger partial charge in [-0.2, -0.15) is 0 Å². The molecular formula is C17H20N2O2. The van der Waals surface area contributed by atoms with Crippen molar-refractivity contribution in [2.24, 2.45) is 0 Å². The summed E-state index contributed by atoms with van der Waals surface area (Å²) in [5.74, 6) is 0.633. The number of nitrogens with zero attached hydrogens (tertiary/aromatic N) is 1. The summed E-state index contributed by atoms with van der Waals surface area (Å²) in [7, 11) is 0. The highest BCUT2D eigenvalue weighted by molar-refractivity contribution is 6.05. The predicted molar refractivity (Wildman–Crippen MR) is 81.7 cm³/mol. The lowest BCUT2D eigenvalue weighted by atomic mass is 10.0. The summed E-state index contributed by atoms with van der Waals surface area (Å²) in [6, 6.07) is 6.17. The van der Waals surface area contributed by atoms with Crippen molar-refractivity contribution in [2.45, 2.75) is 46.0 Å². The Morgan fingerprint density at radius 1 is 1.29 bits per heavy atom. The van der Waals surface area contributed by atoms with E-state index in [0.717, 1.165) is 18.5 Å². The van der Waals surface area contributed by atoms with Crippen molar-refractivity contribution in [1.29, 1.82) is 0 Å². The lowest BCUT2D eigenvalue weighted by molar-refractivity contribution is 0.102. The van der Waals surface area contributed by atoms with E-state index in [1.165, 1.54) is 17.5 Å². The SMILES string of the molecule is Cc1noc(C(C)C)c1C(=O)Nc1ccc2c(c1)CCC2. The highest BCUT2D eigenvalue weighted by Gasteiger charge is 2.23. The summed E-state index contributed by atoms with van der Waals surface area (Å²) in [5.41, 5.74) is 4.79. The number of fused-ring (bicyclic) bond motifs is 1. The molecule has 0 bridgehead atoms. The van der Waals surface area contributed by atoms with Crippen LogP contribution in [0.5, 0.6) is 0 Å². The van der Waals surface area contributed by atoms with Gasteiger partial charge in [0.25, 0.3) is 5.91 Å². The molecule has 1 heterocycles. The normalized spacial score (nSPS) is 13.5. The number of rotatable bonds is 3. The lowest BCUT2D eigenvalue weighted by Gasteiger charge is -2.08. The van der Waals surface area contributed by atoms with Crippen molar-refractivity contribution in [1.82, 2.24) is 5.16 Å². The second kappa shape index (κ2) is 5.35.